The quantitative estimate of drug-likeness (QED) is 0.606. The minimum Gasteiger partial charge on any atom is -0.399 e. The molecule has 0 aliphatic rings. The SMILES string of the molecule is Nc1ccc(N(C(=O)N/C=C/c2ccccc2Cl)c2ccccc2)cc1. The summed E-state index contributed by atoms with van der Waals surface area (Å²) in [5, 5.41) is 3.41. The standard InChI is InChI=1S/C21H18ClN3O/c22-20-9-5-4-6-16(20)14-15-24-21(26)25(18-7-2-1-3-8-18)19-12-10-17(23)11-13-19/h1-15H,23H2,(H,24,26)/b15-14+. The maximum Gasteiger partial charge on any atom is 0.330 e. The number of nitrogens with two attached hydrogens (primary N) is 1. The van der Waals surface area contributed by atoms with E-state index in [4.69, 9.17) is 17.3 Å². The highest BCUT2D eigenvalue weighted by atomic mass is 35.5. The van der Waals surface area contributed by atoms with Crippen molar-refractivity contribution in [1.29, 1.82) is 0 Å². The van der Waals surface area contributed by atoms with Gasteiger partial charge in [0.05, 0.1) is 11.4 Å². The number of carbonyl (C=O) groups is 1. The van der Waals surface area contributed by atoms with E-state index in [-0.39, 0.29) is 6.03 Å². The number of halogens is 1. The van der Waals surface area contributed by atoms with Gasteiger partial charge in [-0.3, -0.25) is 4.90 Å². The van der Waals surface area contributed by atoms with Crippen molar-refractivity contribution in [3.8, 4) is 0 Å². The van der Waals surface area contributed by atoms with Crippen LogP contribution < -0.4 is 16.0 Å². The molecule has 4 nitrogen and oxygen atoms in total. The maximum atomic E-state index is 12.8. The minimum absolute atomic E-state index is 0.288. The lowest BCUT2D eigenvalue weighted by atomic mass is 10.2. The Balaban J connectivity index is 1.83. The van der Waals surface area contributed by atoms with E-state index < -0.39 is 0 Å². The first-order valence-electron chi connectivity index (χ1n) is 8.07. The average molecular weight is 364 g/mol. The number of rotatable bonds is 4. The number of amides is 2. The van der Waals surface area contributed by atoms with Gasteiger partial charge in [0, 0.05) is 16.9 Å². The van der Waals surface area contributed by atoms with Crippen LogP contribution in [0.3, 0.4) is 0 Å². The summed E-state index contributed by atoms with van der Waals surface area (Å²) in [4.78, 5) is 14.4. The van der Waals surface area contributed by atoms with Crippen LogP contribution in [0.4, 0.5) is 21.9 Å². The molecule has 3 aromatic carbocycles. The lowest BCUT2D eigenvalue weighted by Crippen LogP contribution is -2.33. The number of benzene rings is 3. The lowest BCUT2D eigenvalue weighted by molar-refractivity contribution is 0.251. The Hall–Kier alpha value is -3.24. The first-order chi connectivity index (χ1) is 12.6. The molecule has 2 amide bonds. The van der Waals surface area contributed by atoms with Crippen molar-refractivity contribution in [2.45, 2.75) is 0 Å². The zero-order valence-corrected chi connectivity index (χ0v) is 14.7. The maximum absolute atomic E-state index is 12.8. The van der Waals surface area contributed by atoms with Crippen LogP contribution in [0, 0.1) is 0 Å². The zero-order valence-electron chi connectivity index (χ0n) is 14.0. The third-order valence-electron chi connectivity index (χ3n) is 3.74. The Bertz CT molecular complexity index is 908. The van der Waals surface area contributed by atoms with Crippen molar-refractivity contribution in [3.63, 3.8) is 0 Å². The van der Waals surface area contributed by atoms with Crippen molar-refractivity contribution >= 4 is 40.8 Å². The highest BCUT2D eigenvalue weighted by molar-refractivity contribution is 6.32. The van der Waals surface area contributed by atoms with Crippen molar-refractivity contribution in [2.24, 2.45) is 0 Å². The number of hydrogen-bond donors (Lipinski definition) is 2. The number of nitrogen functional groups attached to an aromatic ring is 1. The third-order valence-corrected chi connectivity index (χ3v) is 4.09. The minimum atomic E-state index is -0.288. The molecule has 0 bridgehead atoms. The fourth-order valence-electron chi connectivity index (χ4n) is 2.46. The molecule has 3 rings (SSSR count). The molecule has 0 aliphatic carbocycles. The number of carbonyl (C=O) groups excluding carboxylic acids is 1. The van der Waals surface area contributed by atoms with Gasteiger partial charge in [-0.15, -0.1) is 0 Å². The van der Waals surface area contributed by atoms with E-state index in [0.717, 1.165) is 11.3 Å². The Morgan fingerprint density at radius 2 is 1.50 bits per heavy atom. The number of nitrogens with zero attached hydrogens (tertiary/aromatic N) is 1. The molecule has 0 heterocycles. The number of nitrogens with one attached hydrogen (secondary N) is 1. The second-order valence-corrected chi connectivity index (χ2v) is 5.97. The fraction of sp³-hybridized carbons (Fsp3) is 0. The van der Waals surface area contributed by atoms with E-state index in [9.17, 15) is 4.79 Å². The lowest BCUT2D eigenvalue weighted by Gasteiger charge is -2.22. The normalized spacial score (nSPS) is 10.7. The van der Waals surface area contributed by atoms with Gasteiger partial charge in [0.15, 0.2) is 0 Å². The van der Waals surface area contributed by atoms with Crippen LogP contribution in [0.25, 0.3) is 6.08 Å². The van der Waals surface area contributed by atoms with Gasteiger partial charge in [-0.1, -0.05) is 48.0 Å². The Morgan fingerprint density at radius 1 is 0.885 bits per heavy atom. The molecule has 0 saturated carbocycles. The number of urea groups is 1. The number of hydrogen-bond acceptors (Lipinski definition) is 2. The molecule has 0 aromatic heterocycles. The highest BCUT2D eigenvalue weighted by Gasteiger charge is 2.16. The van der Waals surface area contributed by atoms with E-state index in [1.165, 1.54) is 0 Å². The molecule has 0 spiro atoms. The molecular formula is C21H18ClN3O. The average Bonchev–Trinajstić information content (AvgIpc) is 2.66. The predicted molar refractivity (Wildman–Crippen MR) is 108 cm³/mol. The Labute approximate surface area is 157 Å². The summed E-state index contributed by atoms with van der Waals surface area (Å²) in [5.74, 6) is 0. The monoisotopic (exact) mass is 363 g/mol. The van der Waals surface area contributed by atoms with Crippen LogP contribution in [0.1, 0.15) is 5.56 Å². The fourth-order valence-corrected chi connectivity index (χ4v) is 2.66. The molecule has 0 radical (unpaired) electrons. The van der Waals surface area contributed by atoms with Gasteiger partial charge in [0.2, 0.25) is 0 Å². The van der Waals surface area contributed by atoms with Gasteiger partial charge >= 0.3 is 6.03 Å². The van der Waals surface area contributed by atoms with Crippen LogP contribution in [0.2, 0.25) is 5.02 Å². The van der Waals surface area contributed by atoms with Gasteiger partial charge in [0.1, 0.15) is 0 Å². The van der Waals surface area contributed by atoms with E-state index in [1.807, 2.05) is 48.5 Å². The molecule has 130 valence electrons. The molecule has 5 heteroatoms. The van der Waals surface area contributed by atoms with Crippen LogP contribution in [-0.4, -0.2) is 6.03 Å². The molecule has 0 aliphatic heterocycles. The summed E-state index contributed by atoms with van der Waals surface area (Å²) in [5.41, 5.74) is 8.69. The van der Waals surface area contributed by atoms with Gasteiger partial charge in [-0.05, 0) is 54.1 Å². The summed E-state index contributed by atoms with van der Waals surface area (Å²) < 4.78 is 0. The summed E-state index contributed by atoms with van der Waals surface area (Å²) in [6.45, 7) is 0. The largest absolute Gasteiger partial charge is 0.399 e. The summed E-state index contributed by atoms with van der Waals surface area (Å²) in [6, 6.07) is 23.7. The predicted octanol–water partition coefficient (Wildman–Crippen LogP) is 5.44. The van der Waals surface area contributed by atoms with Crippen LogP contribution in [0.15, 0.2) is 85.1 Å². The smallest absolute Gasteiger partial charge is 0.330 e. The van der Waals surface area contributed by atoms with Crippen LogP contribution >= 0.6 is 11.6 Å². The van der Waals surface area contributed by atoms with Gasteiger partial charge in [0.25, 0.3) is 0 Å². The van der Waals surface area contributed by atoms with Crippen LogP contribution in [-0.2, 0) is 0 Å². The van der Waals surface area contributed by atoms with Crippen molar-refractivity contribution in [2.75, 3.05) is 10.6 Å². The summed E-state index contributed by atoms with van der Waals surface area (Å²) in [6.07, 6.45) is 3.34. The molecule has 0 fully saturated rings. The first kappa shape index (κ1) is 17.6. The first-order valence-corrected chi connectivity index (χ1v) is 8.45. The number of para-hydroxylation sites is 1. The van der Waals surface area contributed by atoms with E-state index >= 15 is 0 Å². The van der Waals surface area contributed by atoms with Crippen molar-refractivity contribution < 1.29 is 4.79 Å². The summed E-state index contributed by atoms with van der Waals surface area (Å²) in [7, 11) is 0. The van der Waals surface area contributed by atoms with E-state index in [0.29, 0.717) is 16.4 Å². The van der Waals surface area contributed by atoms with Gasteiger partial charge in [-0.25, -0.2) is 4.79 Å². The molecular weight excluding hydrogens is 346 g/mol. The van der Waals surface area contributed by atoms with E-state index in [2.05, 4.69) is 5.32 Å². The molecule has 26 heavy (non-hydrogen) atoms. The molecule has 3 N–H and O–H groups in total. The van der Waals surface area contributed by atoms with Crippen molar-refractivity contribution in [1.82, 2.24) is 5.32 Å². The molecule has 0 unspecified atom stereocenters. The molecule has 0 saturated heterocycles. The second-order valence-electron chi connectivity index (χ2n) is 5.57. The van der Waals surface area contributed by atoms with E-state index in [1.54, 1.807) is 47.5 Å². The number of anilines is 3. The molecule has 0 atom stereocenters. The molecule has 3 aromatic rings. The Kier molecular flexibility index (Phi) is 5.56. The third kappa shape index (κ3) is 4.23. The van der Waals surface area contributed by atoms with Crippen molar-refractivity contribution in [3.05, 3.63) is 95.6 Å². The highest BCUT2D eigenvalue weighted by Crippen LogP contribution is 2.26. The second kappa shape index (κ2) is 8.23. The Morgan fingerprint density at radius 3 is 2.19 bits per heavy atom. The van der Waals surface area contributed by atoms with Crippen LogP contribution in [0.5, 0.6) is 0 Å². The van der Waals surface area contributed by atoms with Gasteiger partial charge < -0.3 is 11.1 Å². The van der Waals surface area contributed by atoms with Gasteiger partial charge in [-0.2, -0.15) is 0 Å². The topological polar surface area (TPSA) is 58.4 Å². The zero-order chi connectivity index (χ0) is 18.4. The summed E-state index contributed by atoms with van der Waals surface area (Å²) >= 11 is 6.12.